The fourth-order valence-corrected chi connectivity index (χ4v) is 3.75. The summed E-state index contributed by atoms with van der Waals surface area (Å²) in [4.78, 5) is 25.6. The van der Waals surface area contributed by atoms with Gasteiger partial charge in [0.05, 0.1) is 11.2 Å². The largest absolute Gasteiger partial charge is 0.322 e. The number of ketones is 1. The highest BCUT2D eigenvalue weighted by molar-refractivity contribution is 6.12. The first kappa shape index (κ1) is 21.1. The molecule has 1 aromatic heterocycles. The molecule has 5 nitrogen and oxygen atoms in total. The number of aromatic nitrogens is 2. The molecular formula is C29H21N3O2. The van der Waals surface area contributed by atoms with Gasteiger partial charge in [-0.05, 0) is 48.0 Å². The second-order valence-corrected chi connectivity index (χ2v) is 7.84. The van der Waals surface area contributed by atoms with E-state index in [1.54, 1.807) is 48.5 Å². The number of carbonyl (C=O) groups is 2. The number of carbonyl (C=O) groups excluding carboxylic acids is 2. The highest BCUT2D eigenvalue weighted by Gasteiger charge is 2.13. The van der Waals surface area contributed by atoms with E-state index in [9.17, 15) is 9.59 Å². The third-order valence-corrected chi connectivity index (χ3v) is 5.51. The smallest absolute Gasteiger partial charge is 0.255 e. The zero-order valence-corrected chi connectivity index (χ0v) is 18.2. The standard InChI is InChI=1S/C29H21N3O2/c33-28(22-12-7-13-24(18-22)30-29(34)21-10-5-2-6-11-21)23-15-16-25-26(31-32-27(25)19-23)17-14-20-8-3-1-4-9-20/h1-19H,(H,30,34)(H,31,32). The van der Waals surface area contributed by atoms with Crippen LogP contribution in [0.25, 0.3) is 23.1 Å². The first-order valence-corrected chi connectivity index (χ1v) is 10.9. The molecule has 0 aliphatic rings. The van der Waals surface area contributed by atoms with E-state index in [1.165, 1.54) is 0 Å². The van der Waals surface area contributed by atoms with Gasteiger partial charge in [-0.2, -0.15) is 5.10 Å². The van der Waals surface area contributed by atoms with Crippen LogP contribution in [0.5, 0.6) is 0 Å². The van der Waals surface area contributed by atoms with Crippen molar-refractivity contribution in [2.24, 2.45) is 0 Å². The summed E-state index contributed by atoms with van der Waals surface area (Å²) in [5.41, 5.74) is 4.84. The number of fused-ring (bicyclic) bond motifs is 1. The molecule has 5 rings (SSSR count). The third-order valence-electron chi connectivity index (χ3n) is 5.51. The summed E-state index contributed by atoms with van der Waals surface area (Å²) in [5, 5.41) is 11.2. The van der Waals surface area contributed by atoms with Gasteiger partial charge in [0, 0.05) is 27.8 Å². The van der Waals surface area contributed by atoms with Crippen molar-refractivity contribution in [2.45, 2.75) is 0 Å². The van der Waals surface area contributed by atoms with E-state index < -0.39 is 0 Å². The van der Waals surface area contributed by atoms with Crippen molar-refractivity contribution in [3.8, 4) is 0 Å². The van der Waals surface area contributed by atoms with Gasteiger partial charge in [0.15, 0.2) is 5.78 Å². The Balaban J connectivity index is 1.36. The van der Waals surface area contributed by atoms with Crippen LogP contribution in [0.4, 0.5) is 5.69 Å². The van der Waals surface area contributed by atoms with Gasteiger partial charge in [0.2, 0.25) is 0 Å². The van der Waals surface area contributed by atoms with Crippen molar-refractivity contribution in [1.82, 2.24) is 10.2 Å². The molecule has 164 valence electrons. The Kier molecular flexibility index (Phi) is 5.82. The Morgan fingerprint density at radius 1 is 0.706 bits per heavy atom. The average Bonchev–Trinajstić information content (AvgIpc) is 3.30. The molecule has 0 unspecified atom stereocenters. The van der Waals surface area contributed by atoms with Gasteiger partial charge in [-0.1, -0.05) is 72.8 Å². The maximum absolute atomic E-state index is 13.2. The fourth-order valence-electron chi connectivity index (χ4n) is 3.75. The minimum absolute atomic E-state index is 0.131. The van der Waals surface area contributed by atoms with Gasteiger partial charge < -0.3 is 5.32 Å². The van der Waals surface area contributed by atoms with Gasteiger partial charge in [0.25, 0.3) is 5.91 Å². The highest BCUT2D eigenvalue weighted by atomic mass is 16.1. The number of amides is 1. The van der Waals surface area contributed by atoms with Gasteiger partial charge in [-0.25, -0.2) is 0 Å². The van der Waals surface area contributed by atoms with Gasteiger partial charge >= 0.3 is 0 Å². The second kappa shape index (κ2) is 9.38. The topological polar surface area (TPSA) is 74.8 Å². The number of hydrogen-bond acceptors (Lipinski definition) is 3. The number of nitrogens with zero attached hydrogens (tertiary/aromatic N) is 1. The Morgan fingerprint density at radius 2 is 1.41 bits per heavy atom. The number of rotatable bonds is 6. The van der Waals surface area contributed by atoms with Crippen LogP contribution in [0.3, 0.4) is 0 Å². The molecule has 0 bridgehead atoms. The van der Waals surface area contributed by atoms with Crippen molar-refractivity contribution in [1.29, 1.82) is 0 Å². The minimum atomic E-state index is -0.222. The monoisotopic (exact) mass is 443 g/mol. The molecule has 0 atom stereocenters. The molecule has 0 fully saturated rings. The van der Waals surface area contributed by atoms with Crippen LogP contribution >= 0.6 is 0 Å². The SMILES string of the molecule is O=C(Nc1cccc(C(=O)c2ccc3c(C=Cc4ccccc4)n[nH]c3c2)c1)c1ccccc1. The first-order valence-electron chi connectivity index (χ1n) is 10.9. The Hall–Kier alpha value is -4.77. The summed E-state index contributed by atoms with van der Waals surface area (Å²) in [5.74, 6) is -0.353. The summed E-state index contributed by atoms with van der Waals surface area (Å²) in [6.45, 7) is 0. The zero-order chi connectivity index (χ0) is 23.3. The van der Waals surface area contributed by atoms with Gasteiger partial charge in [-0.3, -0.25) is 14.7 Å². The number of aromatic amines is 1. The van der Waals surface area contributed by atoms with Crippen LogP contribution in [-0.4, -0.2) is 21.9 Å². The summed E-state index contributed by atoms with van der Waals surface area (Å²) < 4.78 is 0. The number of anilines is 1. The van der Waals surface area contributed by atoms with Gasteiger partial charge in [0.1, 0.15) is 0 Å². The molecule has 0 radical (unpaired) electrons. The predicted molar refractivity (Wildman–Crippen MR) is 136 cm³/mol. The van der Waals surface area contributed by atoms with Crippen LogP contribution in [0, 0.1) is 0 Å². The normalized spacial score (nSPS) is 11.1. The van der Waals surface area contributed by atoms with E-state index in [0.717, 1.165) is 22.2 Å². The molecule has 5 heteroatoms. The quantitative estimate of drug-likeness (QED) is 0.306. The van der Waals surface area contributed by atoms with E-state index in [-0.39, 0.29) is 11.7 Å². The number of benzene rings is 4. The van der Waals surface area contributed by atoms with Crippen molar-refractivity contribution in [2.75, 3.05) is 5.32 Å². The molecule has 0 saturated heterocycles. The van der Waals surface area contributed by atoms with E-state index in [4.69, 9.17) is 0 Å². The summed E-state index contributed by atoms with van der Waals surface area (Å²) >= 11 is 0. The highest BCUT2D eigenvalue weighted by Crippen LogP contribution is 2.22. The first-order chi connectivity index (χ1) is 16.7. The Labute approximate surface area is 196 Å². The number of nitrogens with one attached hydrogen (secondary N) is 2. The Bertz CT molecular complexity index is 1500. The fraction of sp³-hybridized carbons (Fsp3) is 0. The van der Waals surface area contributed by atoms with Crippen LogP contribution in [-0.2, 0) is 0 Å². The molecule has 1 heterocycles. The van der Waals surface area contributed by atoms with E-state index >= 15 is 0 Å². The van der Waals surface area contributed by atoms with Crippen LogP contribution < -0.4 is 5.32 Å². The van der Waals surface area contributed by atoms with Crippen molar-refractivity contribution in [3.05, 3.63) is 131 Å². The maximum atomic E-state index is 13.2. The molecule has 0 spiro atoms. The number of hydrogen-bond donors (Lipinski definition) is 2. The van der Waals surface area contributed by atoms with Crippen LogP contribution in [0.1, 0.15) is 37.5 Å². The van der Waals surface area contributed by atoms with Crippen LogP contribution in [0.2, 0.25) is 0 Å². The molecule has 2 N–H and O–H groups in total. The molecule has 34 heavy (non-hydrogen) atoms. The summed E-state index contributed by atoms with van der Waals surface area (Å²) in [6.07, 6.45) is 3.96. The lowest BCUT2D eigenvalue weighted by atomic mass is 10.0. The molecule has 5 aromatic rings. The molecule has 1 amide bonds. The second-order valence-electron chi connectivity index (χ2n) is 7.84. The molecule has 4 aromatic carbocycles. The summed E-state index contributed by atoms with van der Waals surface area (Å²) in [6, 6.07) is 31.4. The molecular weight excluding hydrogens is 422 g/mol. The molecule has 0 aliphatic heterocycles. The van der Waals surface area contributed by atoms with E-state index in [2.05, 4.69) is 15.5 Å². The lowest BCUT2D eigenvalue weighted by molar-refractivity contribution is 0.102. The van der Waals surface area contributed by atoms with E-state index in [0.29, 0.717) is 22.4 Å². The average molecular weight is 444 g/mol. The molecule has 0 saturated carbocycles. The van der Waals surface area contributed by atoms with Crippen molar-refractivity contribution >= 4 is 40.4 Å². The minimum Gasteiger partial charge on any atom is -0.322 e. The Morgan fingerprint density at radius 3 is 2.21 bits per heavy atom. The lowest BCUT2D eigenvalue weighted by Gasteiger charge is -2.07. The summed E-state index contributed by atoms with van der Waals surface area (Å²) in [7, 11) is 0. The van der Waals surface area contributed by atoms with E-state index in [1.807, 2.05) is 66.7 Å². The molecule has 0 aliphatic carbocycles. The predicted octanol–water partition coefficient (Wildman–Crippen LogP) is 6.22. The third kappa shape index (κ3) is 4.54. The zero-order valence-electron chi connectivity index (χ0n) is 18.2. The van der Waals surface area contributed by atoms with Crippen molar-refractivity contribution < 1.29 is 9.59 Å². The van der Waals surface area contributed by atoms with Crippen molar-refractivity contribution in [3.63, 3.8) is 0 Å². The van der Waals surface area contributed by atoms with Crippen LogP contribution in [0.15, 0.2) is 103 Å². The maximum Gasteiger partial charge on any atom is 0.255 e. The lowest BCUT2D eigenvalue weighted by Crippen LogP contribution is -2.12. The number of H-pyrrole nitrogens is 1. The van der Waals surface area contributed by atoms with Gasteiger partial charge in [-0.15, -0.1) is 0 Å².